The summed E-state index contributed by atoms with van der Waals surface area (Å²) in [5.41, 5.74) is -1.31. The van der Waals surface area contributed by atoms with Crippen molar-refractivity contribution in [3.63, 3.8) is 0 Å². The van der Waals surface area contributed by atoms with Crippen LogP contribution in [0.5, 0.6) is 0 Å². The van der Waals surface area contributed by atoms with Gasteiger partial charge < -0.3 is 39.5 Å². The maximum atomic E-state index is 11.9. The third-order valence-electron chi connectivity index (χ3n) is 5.71. The zero-order valence-electron chi connectivity index (χ0n) is 17.2. The first-order chi connectivity index (χ1) is 15.4. The average molecular weight is 544 g/mol. The van der Waals surface area contributed by atoms with Gasteiger partial charge in [-0.05, 0) is 24.4 Å². The van der Waals surface area contributed by atoms with Crippen LogP contribution in [0.2, 0.25) is 5.28 Å². The highest BCUT2D eigenvalue weighted by Gasteiger charge is 2.51. The molecular formula is C17H24ClN3O9P2S. The van der Waals surface area contributed by atoms with Gasteiger partial charge in [0.25, 0.3) is 0 Å². The number of anilines is 1. The summed E-state index contributed by atoms with van der Waals surface area (Å²) in [6.07, 6.45) is 1.46. The third kappa shape index (κ3) is 5.60. The van der Waals surface area contributed by atoms with Gasteiger partial charge in [-0.1, -0.05) is 12.8 Å². The lowest BCUT2D eigenvalue weighted by molar-refractivity contribution is -0.0576. The zero-order valence-corrected chi connectivity index (χ0v) is 20.6. The van der Waals surface area contributed by atoms with Gasteiger partial charge in [-0.15, -0.1) is 11.3 Å². The van der Waals surface area contributed by atoms with E-state index in [0.717, 1.165) is 25.7 Å². The first kappa shape index (κ1) is 25.4. The van der Waals surface area contributed by atoms with Gasteiger partial charge in [0.15, 0.2) is 5.90 Å². The van der Waals surface area contributed by atoms with E-state index in [4.69, 9.17) is 30.6 Å². The van der Waals surface area contributed by atoms with Crippen molar-refractivity contribution in [2.75, 3.05) is 24.4 Å². The van der Waals surface area contributed by atoms with Gasteiger partial charge in [0.1, 0.15) is 23.6 Å². The fraction of sp³-hybridized carbons (Fsp3) is 0.647. The molecule has 1 aliphatic heterocycles. The standard InChI is InChI=1S/C17H24ClN3O9P2S/c18-16-20-12-10(6-33-13(12)15(21-16)19-9-3-1-2-4-9)17(23)7-29-11(14(17)22)5-30-32(27,28)8-31(24,25)26/h6,9,11,14,22-23H,1-5,7-8H2,(H,27,28)(H,19,20,21)(H2,24,25,26)/t11-,14?,17-/m1/s1. The molecule has 0 aromatic carbocycles. The Labute approximate surface area is 197 Å². The lowest BCUT2D eigenvalue weighted by Crippen LogP contribution is -2.42. The Morgan fingerprint density at radius 3 is 2.64 bits per heavy atom. The summed E-state index contributed by atoms with van der Waals surface area (Å²) >= 11 is 7.40. The average Bonchev–Trinajstić information content (AvgIpc) is 3.40. The number of halogens is 1. The number of aromatic nitrogens is 2. The van der Waals surface area contributed by atoms with Crippen LogP contribution in [0.3, 0.4) is 0 Å². The van der Waals surface area contributed by atoms with Crippen molar-refractivity contribution in [2.24, 2.45) is 0 Å². The maximum Gasteiger partial charge on any atom is 0.340 e. The molecule has 16 heteroatoms. The number of nitrogens with one attached hydrogen (secondary N) is 1. The molecule has 1 aliphatic carbocycles. The van der Waals surface area contributed by atoms with Gasteiger partial charge in [0.2, 0.25) is 5.28 Å². The van der Waals surface area contributed by atoms with Crippen LogP contribution in [0.4, 0.5) is 5.82 Å². The molecule has 184 valence electrons. The Bertz CT molecular complexity index is 1120. The van der Waals surface area contributed by atoms with Crippen LogP contribution in [0, 0.1) is 0 Å². The van der Waals surface area contributed by atoms with Gasteiger partial charge in [-0.2, -0.15) is 4.98 Å². The van der Waals surface area contributed by atoms with Crippen LogP contribution in [-0.2, 0) is 24.0 Å². The SMILES string of the molecule is O=P(O)(O)CP(=O)(O)OC[C@H]1OC[C@@](O)(c2csc3c(NC4CCCC4)nc(Cl)nc23)C1O. The summed E-state index contributed by atoms with van der Waals surface area (Å²) in [7, 11) is -9.44. The van der Waals surface area contributed by atoms with E-state index in [2.05, 4.69) is 15.3 Å². The minimum atomic E-state index is -4.80. The van der Waals surface area contributed by atoms with Gasteiger partial charge in [0.05, 0.1) is 23.4 Å². The molecule has 1 saturated heterocycles. The number of hydrogen-bond acceptors (Lipinski definition) is 10. The Balaban J connectivity index is 1.55. The summed E-state index contributed by atoms with van der Waals surface area (Å²) in [5, 5.41) is 27.0. The summed E-state index contributed by atoms with van der Waals surface area (Å²) in [6, 6.07) is 0.261. The third-order valence-corrected chi connectivity index (χ3v) is 10.3. The van der Waals surface area contributed by atoms with Crippen molar-refractivity contribution in [3.8, 4) is 0 Å². The lowest BCUT2D eigenvalue weighted by Gasteiger charge is -2.26. The minimum absolute atomic E-state index is 0.0295. The van der Waals surface area contributed by atoms with E-state index in [1.54, 1.807) is 5.38 Å². The lowest BCUT2D eigenvalue weighted by atomic mass is 9.89. The summed E-state index contributed by atoms with van der Waals surface area (Å²) in [5.74, 6) is -0.822. The van der Waals surface area contributed by atoms with Crippen LogP contribution in [0.15, 0.2) is 5.38 Å². The molecule has 0 spiro atoms. The molecule has 0 bridgehead atoms. The molecular weight excluding hydrogens is 520 g/mol. The van der Waals surface area contributed by atoms with E-state index < -0.39 is 45.5 Å². The highest BCUT2D eigenvalue weighted by atomic mass is 35.5. The Hall–Kier alpha value is -0.690. The van der Waals surface area contributed by atoms with Crippen molar-refractivity contribution in [1.82, 2.24) is 9.97 Å². The number of thiophene rings is 1. The van der Waals surface area contributed by atoms with E-state index >= 15 is 0 Å². The molecule has 1 saturated carbocycles. The number of nitrogens with zero attached hydrogens (tertiary/aromatic N) is 2. The highest BCUT2D eigenvalue weighted by Crippen LogP contribution is 2.55. The van der Waals surface area contributed by atoms with E-state index in [1.165, 1.54) is 11.3 Å². The van der Waals surface area contributed by atoms with Crippen LogP contribution >= 0.6 is 38.1 Å². The molecule has 2 aromatic heterocycles. The van der Waals surface area contributed by atoms with Crippen molar-refractivity contribution in [1.29, 1.82) is 0 Å². The van der Waals surface area contributed by atoms with Crippen LogP contribution in [-0.4, -0.2) is 72.2 Å². The van der Waals surface area contributed by atoms with Gasteiger partial charge in [0, 0.05) is 17.0 Å². The van der Waals surface area contributed by atoms with Crippen molar-refractivity contribution < 1.29 is 43.3 Å². The van der Waals surface area contributed by atoms with Crippen molar-refractivity contribution >= 4 is 54.2 Å². The monoisotopic (exact) mass is 543 g/mol. The molecule has 6 N–H and O–H groups in total. The summed E-state index contributed by atoms with van der Waals surface area (Å²) in [4.78, 5) is 35.9. The molecule has 0 radical (unpaired) electrons. The molecule has 0 amide bonds. The van der Waals surface area contributed by atoms with E-state index in [1.807, 2.05) is 0 Å². The minimum Gasteiger partial charge on any atom is -0.387 e. The number of aliphatic hydroxyl groups excluding tert-OH is 1. The second-order valence-corrected chi connectivity index (χ2v) is 13.5. The van der Waals surface area contributed by atoms with E-state index in [-0.39, 0.29) is 23.5 Å². The molecule has 2 aliphatic rings. The maximum absolute atomic E-state index is 11.9. The Kier molecular flexibility index (Phi) is 7.24. The number of hydrogen-bond donors (Lipinski definition) is 6. The van der Waals surface area contributed by atoms with Crippen LogP contribution < -0.4 is 5.32 Å². The van der Waals surface area contributed by atoms with Crippen LogP contribution in [0.1, 0.15) is 31.2 Å². The fourth-order valence-electron chi connectivity index (χ4n) is 4.12. The Morgan fingerprint density at radius 1 is 1.27 bits per heavy atom. The predicted molar refractivity (Wildman–Crippen MR) is 121 cm³/mol. The fourth-order valence-corrected chi connectivity index (χ4v) is 7.89. The topological polar surface area (TPSA) is 192 Å². The number of rotatable bonds is 8. The van der Waals surface area contributed by atoms with Gasteiger partial charge >= 0.3 is 15.2 Å². The smallest absolute Gasteiger partial charge is 0.340 e. The van der Waals surface area contributed by atoms with E-state index in [0.29, 0.717) is 16.0 Å². The van der Waals surface area contributed by atoms with Gasteiger partial charge in [-0.3, -0.25) is 9.13 Å². The highest BCUT2D eigenvalue weighted by molar-refractivity contribution is 7.70. The number of aliphatic hydroxyl groups is 2. The quantitative estimate of drug-likeness (QED) is 0.210. The predicted octanol–water partition coefficient (Wildman–Crippen LogP) is 1.98. The molecule has 12 nitrogen and oxygen atoms in total. The zero-order chi connectivity index (χ0) is 24.0. The van der Waals surface area contributed by atoms with Gasteiger partial charge in [-0.25, -0.2) is 4.98 Å². The molecule has 2 fully saturated rings. The van der Waals surface area contributed by atoms with Crippen molar-refractivity contribution in [3.05, 3.63) is 16.2 Å². The second kappa shape index (κ2) is 9.40. The molecule has 2 aromatic rings. The summed E-state index contributed by atoms with van der Waals surface area (Å²) in [6.45, 7) is -1.03. The van der Waals surface area contributed by atoms with Crippen LogP contribution in [0.25, 0.3) is 10.2 Å². The molecule has 3 heterocycles. The van der Waals surface area contributed by atoms with E-state index in [9.17, 15) is 24.2 Å². The number of ether oxygens (including phenoxy) is 1. The Morgan fingerprint density at radius 2 is 1.97 bits per heavy atom. The first-order valence-electron chi connectivity index (χ1n) is 10.1. The molecule has 2 unspecified atom stereocenters. The molecule has 4 atom stereocenters. The second-order valence-electron chi connectivity index (χ2n) is 8.25. The normalized spacial score (nSPS) is 28.4. The van der Waals surface area contributed by atoms with Crippen molar-refractivity contribution in [2.45, 2.75) is 49.5 Å². The number of fused-ring (bicyclic) bond motifs is 1. The largest absolute Gasteiger partial charge is 0.387 e. The first-order valence-corrected chi connectivity index (χ1v) is 14.9. The summed E-state index contributed by atoms with van der Waals surface area (Å²) < 4.78 is 33.7. The molecule has 4 rings (SSSR count). The molecule has 33 heavy (non-hydrogen) atoms.